The highest BCUT2D eigenvalue weighted by molar-refractivity contribution is 7.90. The lowest BCUT2D eigenvalue weighted by molar-refractivity contribution is -0.143. The Morgan fingerprint density at radius 3 is 2.24 bits per heavy atom. The van der Waals surface area contributed by atoms with Crippen molar-refractivity contribution in [2.24, 2.45) is 11.8 Å². The second-order valence-electron chi connectivity index (χ2n) is 5.00. The average molecular weight is 263 g/mol. The van der Waals surface area contributed by atoms with Crippen LogP contribution in [0.25, 0.3) is 0 Å². The number of sulfonamides is 1. The fraction of sp³-hybridized carbons (Fsp3) is 0.909. The molecule has 0 aromatic heterocycles. The first-order chi connectivity index (χ1) is 7.83. The van der Waals surface area contributed by atoms with Crippen molar-refractivity contribution in [2.75, 3.05) is 6.54 Å². The molecule has 0 amide bonds. The molecule has 5 nitrogen and oxygen atoms in total. The fourth-order valence-corrected chi connectivity index (χ4v) is 2.82. The van der Waals surface area contributed by atoms with Gasteiger partial charge < -0.3 is 5.11 Å². The quantitative estimate of drug-likeness (QED) is 0.781. The van der Waals surface area contributed by atoms with E-state index in [1.165, 1.54) is 0 Å². The maximum absolute atomic E-state index is 11.5. The molecule has 0 aromatic carbocycles. The molecule has 100 valence electrons. The third kappa shape index (κ3) is 4.27. The summed E-state index contributed by atoms with van der Waals surface area (Å²) in [5.41, 5.74) is 0. The van der Waals surface area contributed by atoms with Gasteiger partial charge in [-0.15, -0.1) is 0 Å². The zero-order valence-corrected chi connectivity index (χ0v) is 11.2. The number of carboxylic acids is 1. The molecule has 6 heteroatoms. The van der Waals surface area contributed by atoms with E-state index in [0.29, 0.717) is 19.4 Å². The van der Waals surface area contributed by atoms with E-state index in [-0.39, 0.29) is 11.8 Å². The lowest BCUT2D eigenvalue weighted by Gasteiger charge is -2.26. The van der Waals surface area contributed by atoms with Gasteiger partial charge in [0.25, 0.3) is 0 Å². The maximum atomic E-state index is 11.5. The molecule has 0 atom stereocenters. The lowest BCUT2D eigenvalue weighted by atomic mass is 9.82. The zero-order chi connectivity index (χ0) is 13.1. The van der Waals surface area contributed by atoms with E-state index >= 15 is 0 Å². The van der Waals surface area contributed by atoms with Crippen LogP contribution in [0.15, 0.2) is 0 Å². The summed E-state index contributed by atoms with van der Waals surface area (Å²) in [4.78, 5) is 10.8. The van der Waals surface area contributed by atoms with Crippen LogP contribution in [0.2, 0.25) is 0 Å². The van der Waals surface area contributed by atoms with Crippen molar-refractivity contribution in [1.82, 2.24) is 4.72 Å². The zero-order valence-electron chi connectivity index (χ0n) is 10.3. The summed E-state index contributed by atoms with van der Waals surface area (Å²) in [5, 5.41) is 8.43. The van der Waals surface area contributed by atoms with Crippen molar-refractivity contribution in [1.29, 1.82) is 0 Å². The molecule has 0 aromatic rings. The number of carboxylic acid groups (broad SMARTS) is 1. The van der Waals surface area contributed by atoms with E-state index in [1.807, 2.05) is 0 Å². The topological polar surface area (TPSA) is 83.5 Å². The largest absolute Gasteiger partial charge is 0.481 e. The lowest BCUT2D eigenvalue weighted by Crippen LogP contribution is -2.36. The number of nitrogens with one attached hydrogen (secondary N) is 1. The van der Waals surface area contributed by atoms with Crippen LogP contribution in [0.1, 0.15) is 39.5 Å². The molecule has 1 fully saturated rings. The molecule has 0 saturated heterocycles. The smallest absolute Gasteiger partial charge is 0.306 e. The van der Waals surface area contributed by atoms with Gasteiger partial charge in [0, 0.05) is 6.54 Å². The van der Waals surface area contributed by atoms with Gasteiger partial charge in [0.1, 0.15) is 0 Å². The van der Waals surface area contributed by atoms with Crippen molar-refractivity contribution < 1.29 is 18.3 Å². The van der Waals surface area contributed by atoms with E-state index in [0.717, 1.165) is 12.8 Å². The number of hydrogen-bond donors (Lipinski definition) is 2. The molecular formula is C11H21NO4S. The predicted octanol–water partition coefficient (Wildman–Crippen LogP) is 1.21. The van der Waals surface area contributed by atoms with Crippen LogP contribution in [0.3, 0.4) is 0 Å². The van der Waals surface area contributed by atoms with Crippen molar-refractivity contribution >= 4 is 16.0 Å². The van der Waals surface area contributed by atoms with Crippen molar-refractivity contribution in [3.05, 3.63) is 0 Å². The van der Waals surface area contributed by atoms with Gasteiger partial charge in [0.2, 0.25) is 10.0 Å². The second-order valence-corrected chi connectivity index (χ2v) is 7.32. The number of carbonyl (C=O) groups is 1. The Bertz CT molecular complexity index is 356. The van der Waals surface area contributed by atoms with Crippen LogP contribution in [0.5, 0.6) is 0 Å². The van der Waals surface area contributed by atoms with Crippen LogP contribution < -0.4 is 4.72 Å². The van der Waals surface area contributed by atoms with Crippen LogP contribution in [-0.4, -0.2) is 31.3 Å². The van der Waals surface area contributed by atoms with Gasteiger partial charge in [0.05, 0.1) is 11.2 Å². The average Bonchev–Trinajstić information content (AvgIpc) is 2.27. The molecule has 1 rings (SSSR count). The van der Waals surface area contributed by atoms with Gasteiger partial charge in [0.15, 0.2) is 0 Å². The Labute approximate surface area is 103 Å². The first-order valence-corrected chi connectivity index (χ1v) is 7.59. The monoisotopic (exact) mass is 263 g/mol. The molecule has 0 radical (unpaired) electrons. The van der Waals surface area contributed by atoms with Gasteiger partial charge in [-0.1, -0.05) is 0 Å². The summed E-state index contributed by atoms with van der Waals surface area (Å²) < 4.78 is 25.7. The number of aliphatic carboxylic acids is 1. The molecule has 0 spiro atoms. The van der Waals surface area contributed by atoms with Crippen LogP contribution >= 0.6 is 0 Å². The minimum atomic E-state index is -3.19. The third-order valence-electron chi connectivity index (χ3n) is 3.39. The summed E-state index contributed by atoms with van der Waals surface area (Å²) in [6.45, 7) is 3.72. The standard InChI is InChI=1S/C11H21NO4S/c1-8(2)17(15,16)12-7-9-3-5-10(6-4-9)11(13)14/h8-10,12H,3-7H2,1-2H3,(H,13,14). The number of hydrogen-bond acceptors (Lipinski definition) is 3. The highest BCUT2D eigenvalue weighted by Crippen LogP contribution is 2.28. The van der Waals surface area contributed by atoms with Crippen molar-refractivity contribution in [3.63, 3.8) is 0 Å². The normalized spacial score (nSPS) is 26.1. The SMILES string of the molecule is CC(C)S(=O)(=O)NCC1CCC(C(=O)O)CC1. The summed E-state index contributed by atoms with van der Waals surface area (Å²) in [6.07, 6.45) is 2.89. The van der Waals surface area contributed by atoms with Crippen LogP contribution in [0, 0.1) is 11.8 Å². The molecule has 2 N–H and O–H groups in total. The highest BCUT2D eigenvalue weighted by atomic mass is 32.2. The van der Waals surface area contributed by atoms with E-state index < -0.39 is 21.2 Å². The Kier molecular flexibility index (Phi) is 4.94. The molecule has 1 aliphatic rings. The Hall–Kier alpha value is -0.620. The maximum Gasteiger partial charge on any atom is 0.306 e. The molecule has 0 bridgehead atoms. The summed E-state index contributed by atoms with van der Waals surface area (Å²) in [7, 11) is -3.19. The summed E-state index contributed by atoms with van der Waals surface area (Å²) in [5.74, 6) is -0.696. The second kappa shape index (κ2) is 5.82. The minimum absolute atomic E-state index is 0.243. The first-order valence-electron chi connectivity index (χ1n) is 6.04. The van der Waals surface area contributed by atoms with Crippen LogP contribution in [-0.2, 0) is 14.8 Å². The minimum Gasteiger partial charge on any atom is -0.481 e. The Balaban J connectivity index is 2.35. The van der Waals surface area contributed by atoms with Gasteiger partial charge in [-0.05, 0) is 45.4 Å². The molecule has 1 saturated carbocycles. The van der Waals surface area contributed by atoms with Crippen molar-refractivity contribution in [3.8, 4) is 0 Å². The third-order valence-corrected chi connectivity index (χ3v) is 5.20. The molecule has 0 aliphatic heterocycles. The Morgan fingerprint density at radius 2 is 1.82 bits per heavy atom. The van der Waals surface area contributed by atoms with E-state index in [9.17, 15) is 13.2 Å². The van der Waals surface area contributed by atoms with Gasteiger partial charge in [-0.25, -0.2) is 13.1 Å². The fourth-order valence-electron chi connectivity index (χ4n) is 2.01. The molecule has 1 aliphatic carbocycles. The summed E-state index contributed by atoms with van der Waals surface area (Å²) in [6, 6.07) is 0. The molecule has 17 heavy (non-hydrogen) atoms. The molecule has 0 unspecified atom stereocenters. The highest BCUT2D eigenvalue weighted by Gasteiger charge is 2.27. The molecule has 0 heterocycles. The summed E-state index contributed by atoms with van der Waals surface area (Å²) >= 11 is 0. The number of rotatable bonds is 5. The van der Waals surface area contributed by atoms with E-state index in [2.05, 4.69) is 4.72 Å². The first kappa shape index (κ1) is 14.4. The van der Waals surface area contributed by atoms with Crippen LogP contribution in [0.4, 0.5) is 0 Å². The van der Waals surface area contributed by atoms with Gasteiger partial charge in [-0.3, -0.25) is 4.79 Å². The van der Waals surface area contributed by atoms with E-state index in [4.69, 9.17) is 5.11 Å². The van der Waals surface area contributed by atoms with Crippen molar-refractivity contribution in [2.45, 2.75) is 44.8 Å². The van der Waals surface area contributed by atoms with Gasteiger partial charge >= 0.3 is 5.97 Å². The van der Waals surface area contributed by atoms with E-state index in [1.54, 1.807) is 13.8 Å². The predicted molar refractivity (Wildman–Crippen MR) is 65.1 cm³/mol. The Morgan fingerprint density at radius 1 is 1.29 bits per heavy atom. The molecular weight excluding hydrogens is 242 g/mol. The van der Waals surface area contributed by atoms with Gasteiger partial charge in [-0.2, -0.15) is 0 Å².